The minimum absolute atomic E-state index is 0.145. The molecule has 0 fully saturated rings. The predicted octanol–water partition coefficient (Wildman–Crippen LogP) is 2.00. The van der Waals surface area contributed by atoms with Crippen LogP contribution in [0.5, 0.6) is 0 Å². The van der Waals surface area contributed by atoms with Crippen LogP contribution in [0.25, 0.3) is 0 Å². The molecule has 0 heterocycles. The van der Waals surface area contributed by atoms with E-state index in [0.29, 0.717) is 12.2 Å². The van der Waals surface area contributed by atoms with E-state index in [2.05, 4.69) is 4.72 Å². The monoisotopic (exact) mass is 284 g/mol. The summed E-state index contributed by atoms with van der Waals surface area (Å²) in [6, 6.07) is 11.3. The molecule has 0 aliphatic heterocycles. The molecule has 0 unspecified atom stereocenters. The van der Waals surface area contributed by atoms with E-state index < -0.39 is 15.8 Å². The SMILES string of the molecule is CC[C@H](CSc1ccccc1)NS(=O)(=O)CC#N. The third-order valence-corrected chi connectivity index (χ3v) is 4.66. The maximum atomic E-state index is 11.5. The van der Waals surface area contributed by atoms with Crippen molar-refractivity contribution in [1.82, 2.24) is 4.72 Å². The van der Waals surface area contributed by atoms with Crippen LogP contribution >= 0.6 is 11.8 Å². The normalized spacial score (nSPS) is 12.9. The van der Waals surface area contributed by atoms with Gasteiger partial charge in [0.25, 0.3) is 0 Å². The molecule has 0 aliphatic rings. The van der Waals surface area contributed by atoms with Gasteiger partial charge in [0.15, 0.2) is 5.75 Å². The van der Waals surface area contributed by atoms with Crippen LogP contribution in [0.2, 0.25) is 0 Å². The van der Waals surface area contributed by atoms with Gasteiger partial charge in [-0.3, -0.25) is 0 Å². The summed E-state index contributed by atoms with van der Waals surface area (Å²) in [6.45, 7) is 1.92. The highest BCUT2D eigenvalue weighted by molar-refractivity contribution is 7.99. The second kappa shape index (κ2) is 7.41. The van der Waals surface area contributed by atoms with Gasteiger partial charge in [-0.05, 0) is 18.6 Å². The molecule has 0 spiro atoms. The Morgan fingerprint density at radius 3 is 2.61 bits per heavy atom. The third-order valence-electron chi connectivity index (χ3n) is 2.29. The van der Waals surface area contributed by atoms with Crippen molar-refractivity contribution in [2.75, 3.05) is 11.5 Å². The van der Waals surface area contributed by atoms with Crippen molar-refractivity contribution in [3.8, 4) is 6.07 Å². The number of nitrogens with one attached hydrogen (secondary N) is 1. The molecule has 1 aromatic carbocycles. The van der Waals surface area contributed by atoms with Gasteiger partial charge in [-0.1, -0.05) is 25.1 Å². The minimum atomic E-state index is -3.47. The molecule has 1 rings (SSSR count). The van der Waals surface area contributed by atoms with Crippen molar-refractivity contribution < 1.29 is 8.42 Å². The zero-order chi connectivity index (χ0) is 13.4. The molecule has 18 heavy (non-hydrogen) atoms. The fourth-order valence-electron chi connectivity index (χ4n) is 1.33. The van der Waals surface area contributed by atoms with E-state index in [9.17, 15) is 8.42 Å². The summed E-state index contributed by atoms with van der Waals surface area (Å²) in [7, 11) is -3.47. The Morgan fingerprint density at radius 1 is 1.39 bits per heavy atom. The molecule has 98 valence electrons. The van der Waals surface area contributed by atoms with Gasteiger partial charge in [0.2, 0.25) is 10.0 Å². The van der Waals surface area contributed by atoms with Gasteiger partial charge in [-0.2, -0.15) is 5.26 Å². The van der Waals surface area contributed by atoms with Crippen LogP contribution in [-0.4, -0.2) is 26.0 Å². The Kier molecular flexibility index (Phi) is 6.19. The Hall–Kier alpha value is -1.03. The first-order valence-corrected chi connectivity index (χ1v) is 8.26. The number of nitrogens with zero attached hydrogens (tertiary/aromatic N) is 1. The second-order valence-electron chi connectivity index (χ2n) is 3.76. The Morgan fingerprint density at radius 2 is 2.06 bits per heavy atom. The molecule has 0 aromatic heterocycles. The van der Waals surface area contributed by atoms with Gasteiger partial charge in [0.05, 0.1) is 6.07 Å². The van der Waals surface area contributed by atoms with Gasteiger partial charge in [0, 0.05) is 16.7 Å². The lowest BCUT2D eigenvalue weighted by Crippen LogP contribution is -2.37. The maximum Gasteiger partial charge on any atom is 0.225 e. The molecule has 0 aliphatic carbocycles. The zero-order valence-corrected chi connectivity index (χ0v) is 11.8. The molecule has 1 N–H and O–H groups in total. The molecular weight excluding hydrogens is 268 g/mol. The Bertz CT molecular complexity index is 495. The first-order chi connectivity index (χ1) is 8.57. The average Bonchev–Trinajstić information content (AvgIpc) is 2.35. The lowest BCUT2D eigenvalue weighted by molar-refractivity contribution is 0.561. The number of rotatable bonds is 7. The van der Waals surface area contributed by atoms with Gasteiger partial charge >= 0.3 is 0 Å². The van der Waals surface area contributed by atoms with Crippen molar-refractivity contribution in [2.45, 2.75) is 24.3 Å². The number of thioether (sulfide) groups is 1. The largest absolute Gasteiger partial charge is 0.225 e. The van der Waals surface area contributed by atoms with Crippen LogP contribution < -0.4 is 4.72 Å². The quantitative estimate of drug-likeness (QED) is 0.777. The van der Waals surface area contributed by atoms with E-state index >= 15 is 0 Å². The fraction of sp³-hybridized carbons (Fsp3) is 0.417. The van der Waals surface area contributed by atoms with Crippen LogP contribution in [0.15, 0.2) is 35.2 Å². The molecule has 6 heteroatoms. The number of hydrogen-bond acceptors (Lipinski definition) is 4. The second-order valence-corrected chi connectivity index (χ2v) is 6.61. The topological polar surface area (TPSA) is 70.0 Å². The first kappa shape index (κ1) is 15.0. The molecule has 0 bridgehead atoms. The summed E-state index contributed by atoms with van der Waals surface area (Å²) in [5.74, 6) is 0.171. The molecule has 4 nitrogen and oxygen atoms in total. The van der Waals surface area contributed by atoms with Gasteiger partial charge in [-0.25, -0.2) is 13.1 Å². The summed E-state index contributed by atoms with van der Waals surface area (Å²) in [6.07, 6.45) is 0.699. The van der Waals surface area contributed by atoms with E-state index in [1.165, 1.54) is 0 Å². The van der Waals surface area contributed by atoms with Crippen LogP contribution in [0.4, 0.5) is 0 Å². The molecule has 0 saturated carbocycles. The summed E-state index contributed by atoms with van der Waals surface area (Å²) >= 11 is 1.60. The molecule has 1 atom stereocenters. The standard InChI is InChI=1S/C12H16N2O2S2/c1-2-11(14-18(15,16)9-8-13)10-17-12-6-4-3-5-7-12/h3-7,11,14H,2,9-10H2,1H3/t11-/m1/s1. The van der Waals surface area contributed by atoms with Gasteiger partial charge < -0.3 is 0 Å². The summed E-state index contributed by atoms with van der Waals surface area (Å²) in [5, 5.41) is 8.42. The van der Waals surface area contributed by atoms with Gasteiger partial charge in [-0.15, -0.1) is 11.8 Å². The molecule has 0 saturated heterocycles. The van der Waals surface area contributed by atoms with Crippen molar-refractivity contribution in [1.29, 1.82) is 5.26 Å². The van der Waals surface area contributed by atoms with Crippen LogP contribution in [0.3, 0.4) is 0 Å². The van der Waals surface area contributed by atoms with Crippen LogP contribution in [0.1, 0.15) is 13.3 Å². The number of sulfonamides is 1. The van der Waals surface area contributed by atoms with E-state index in [1.54, 1.807) is 17.8 Å². The number of nitriles is 1. The molecule has 0 amide bonds. The Balaban J connectivity index is 2.51. The molecule has 1 aromatic rings. The van der Waals surface area contributed by atoms with E-state index in [0.717, 1.165) is 4.90 Å². The van der Waals surface area contributed by atoms with E-state index in [4.69, 9.17) is 5.26 Å². The van der Waals surface area contributed by atoms with Gasteiger partial charge in [0.1, 0.15) is 0 Å². The third kappa shape index (κ3) is 5.54. The first-order valence-electron chi connectivity index (χ1n) is 5.62. The molecular formula is C12H16N2O2S2. The van der Waals surface area contributed by atoms with Crippen LogP contribution in [0, 0.1) is 11.3 Å². The average molecular weight is 284 g/mol. The lowest BCUT2D eigenvalue weighted by Gasteiger charge is -2.15. The van der Waals surface area contributed by atoms with Crippen molar-refractivity contribution >= 4 is 21.8 Å². The fourth-order valence-corrected chi connectivity index (χ4v) is 3.51. The van der Waals surface area contributed by atoms with Crippen molar-refractivity contribution in [3.05, 3.63) is 30.3 Å². The minimum Gasteiger partial charge on any atom is -0.211 e. The van der Waals surface area contributed by atoms with Crippen molar-refractivity contribution in [3.63, 3.8) is 0 Å². The highest BCUT2D eigenvalue weighted by Gasteiger charge is 2.16. The highest BCUT2D eigenvalue weighted by Crippen LogP contribution is 2.18. The zero-order valence-electron chi connectivity index (χ0n) is 10.2. The summed E-state index contributed by atoms with van der Waals surface area (Å²) in [4.78, 5) is 1.11. The Labute approximate surface area is 112 Å². The maximum absolute atomic E-state index is 11.5. The van der Waals surface area contributed by atoms with E-state index in [-0.39, 0.29) is 6.04 Å². The van der Waals surface area contributed by atoms with Crippen LogP contribution in [-0.2, 0) is 10.0 Å². The highest BCUT2D eigenvalue weighted by atomic mass is 32.2. The number of benzene rings is 1. The summed E-state index contributed by atoms with van der Waals surface area (Å²) < 4.78 is 25.5. The number of hydrogen-bond donors (Lipinski definition) is 1. The molecule has 0 radical (unpaired) electrons. The predicted molar refractivity (Wildman–Crippen MR) is 73.8 cm³/mol. The smallest absolute Gasteiger partial charge is 0.211 e. The lowest BCUT2D eigenvalue weighted by atomic mass is 10.3. The van der Waals surface area contributed by atoms with E-state index in [1.807, 2.05) is 37.3 Å². The summed E-state index contributed by atoms with van der Waals surface area (Å²) in [5.41, 5.74) is 0. The van der Waals surface area contributed by atoms with Crippen molar-refractivity contribution in [2.24, 2.45) is 0 Å².